The smallest absolute Gasteiger partial charge is 0.132 e. The third-order valence-corrected chi connectivity index (χ3v) is 2.04. The molecule has 60 valence electrons. The SMILES string of the molecule is CN(C)c1ncccc1CBr. The van der Waals surface area contributed by atoms with E-state index in [1.165, 1.54) is 5.56 Å². The first kappa shape index (κ1) is 8.53. The molecule has 0 saturated heterocycles. The van der Waals surface area contributed by atoms with E-state index < -0.39 is 0 Å². The van der Waals surface area contributed by atoms with Crippen LogP contribution in [0.1, 0.15) is 5.56 Å². The summed E-state index contributed by atoms with van der Waals surface area (Å²) in [6.45, 7) is 0. The van der Waals surface area contributed by atoms with Crippen molar-refractivity contribution >= 4 is 21.7 Å². The van der Waals surface area contributed by atoms with Crippen molar-refractivity contribution in [3.05, 3.63) is 23.9 Å². The monoisotopic (exact) mass is 214 g/mol. The highest BCUT2D eigenvalue weighted by Crippen LogP contribution is 2.16. The first-order chi connectivity index (χ1) is 5.25. The average molecular weight is 215 g/mol. The van der Waals surface area contributed by atoms with Crippen molar-refractivity contribution in [2.45, 2.75) is 5.33 Å². The largest absolute Gasteiger partial charge is 0.362 e. The maximum Gasteiger partial charge on any atom is 0.132 e. The molecule has 1 heterocycles. The Morgan fingerprint density at radius 2 is 2.27 bits per heavy atom. The fourth-order valence-corrected chi connectivity index (χ4v) is 1.37. The van der Waals surface area contributed by atoms with Gasteiger partial charge in [-0.2, -0.15) is 0 Å². The molecule has 0 amide bonds. The molecule has 3 heteroatoms. The normalized spacial score (nSPS) is 9.73. The second-order valence-corrected chi connectivity index (χ2v) is 3.07. The molecule has 1 rings (SSSR count). The molecule has 0 saturated carbocycles. The molecule has 0 fully saturated rings. The highest BCUT2D eigenvalue weighted by atomic mass is 79.9. The Morgan fingerprint density at radius 1 is 1.55 bits per heavy atom. The molecule has 0 N–H and O–H groups in total. The van der Waals surface area contributed by atoms with Crippen LogP contribution in [0.25, 0.3) is 0 Å². The topological polar surface area (TPSA) is 16.1 Å². The van der Waals surface area contributed by atoms with Crippen LogP contribution in [0.2, 0.25) is 0 Å². The van der Waals surface area contributed by atoms with Gasteiger partial charge < -0.3 is 4.90 Å². The van der Waals surface area contributed by atoms with Crippen molar-refractivity contribution in [1.29, 1.82) is 0 Å². The fraction of sp³-hybridized carbons (Fsp3) is 0.375. The molecule has 0 bridgehead atoms. The Bertz CT molecular complexity index is 235. The highest BCUT2D eigenvalue weighted by Gasteiger charge is 2.01. The van der Waals surface area contributed by atoms with Crippen molar-refractivity contribution in [2.24, 2.45) is 0 Å². The van der Waals surface area contributed by atoms with E-state index in [9.17, 15) is 0 Å². The van der Waals surface area contributed by atoms with Gasteiger partial charge >= 0.3 is 0 Å². The van der Waals surface area contributed by atoms with E-state index in [1.807, 2.05) is 31.3 Å². The van der Waals surface area contributed by atoms with Crippen molar-refractivity contribution in [3.8, 4) is 0 Å². The maximum absolute atomic E-state index is 4.24. The van der Waals surface area contributed by atoms with Crippen LogP contribution in [0.15, 0.2) is 18.3 Å². The molecular weight excluding hydrogens is 204 g/mol. The first-order valence-electron chi connectivity index (χ1n) is 3.43. The lowest BCUT2D eigenvalue weighted by Gasteiger charge is -2.13. The van der Waals surface area contributed by atoms with Gasteiger partial charge in [0.05, 0.1) is 0 Å². The summed E-state index contributed by atoms with van der Waals surface area (Å²) in [6, 6.07) is 4.01. The quantitative estimate of drug-likeness (QED) is 0.702. The summed E-state index contributed by atoms with van der Waals surface area (Å²) in [5.74, 6) is 1.03. The molecule has 0 radical (unpaired) electrons. The number of hydrogen-bond acceptors (Lipinski definition) is 2. The molecule has 1 aromatic rings. The number of pyridine rings is 1. The summed E-state index contributed by atoms with van der Waals surface area (Å²) in [7, 11) is 3.99. The molecule has 0 aromatic carbocycles. The Hall–Kier alpha value is -0.570. The van der Waals surface area contributed by atoms with E-state index >= 15 is 0 Å². The van der Waals surface area contributed by atoms with Crippen LogP contribution in [0.4, 0.5) is 5.82 Å². The second-order valence-electron chi connectivity index (χ2n) is 2.51. The van der Waals surface area contributed by atoms with Crippen LogP contribution in [-0.2, 0) is 5.33 Å². The molecule has 0 aliphatic carbocycles. The predicted octanol–water partition coefficient (Wildman–Crippen LogP) is 2.04. The van der Waals surface area contributed by atoms with E-state index in [-0.39, 0.29) is 0 Å². The van der Waals surface area contributed by atoms with Gasteiger partial charge in [0.1, 0.15) is 5.82 Å². The number of rotatable bonds is 2. The van der Waals surface area contributed by atoms with Crippen LogP contribution >= 0.6 is 15.9 Å². The minimum Gasteiger partial charge on any atom is -0.362 e. The number of alkyl halides is 1. The van der Waals surface area contributed by atoms with Crippen LogP contribution < -0.4 is 4.90 Å². The highest BCUT2D eigenvalue weighted by molar-refractivity contribution is 9.08. The third-order valence-electron chi connectivity index (χ3n) is 1.44. The van der Waals surface area contributed by atoms with Crippen molar-refractivity contribution in [3.63, 3.8) is 0 Å². The van der Waals surface area contributed by atoms with Crippen LogP contribution in [0, 0.1) is 0 Å². The van der Waals surface area contributed by atoms with Crippen LogP contribution in [-0.4, -0.2) is 19.1 Å². The van der Waals surface area contributed by atoms with Gasteiger partial charge in [-0.3, -0.25) is 0 Å². The van der Waals surface area contributed by atoms with E-state index in [0.717, 1.165) is 11.1 Å². The Balaban J connectivity index is 3.02. The van der Waals surface area contributed by atoms with Crippen molar-refractivity contribution in [1.82, 2.24) is 4.98 Å². The molecule has 0 aliphatic rings. The van der Waals surface area contributed by atoms with Gasteiger partial charge in [0, 0.05) is 31.2 Å². The number of halogens is 1. The number of nitrogens with zero attached hydrogens (tertiary/aromatic N) is 2. The fourth-order valence-electron chi connectivity index (χ4n) is 0.937. The molecule has 1 aromatic heterocycles. The molecule has 0 spiro atoms. The van der Waals surface area contributed by atoms with Gasteiger partial charge in [0.2, 0.25) is 0 Å². The van der Waals surface area contributed by atoms with Crippen molar-refractivity contribution in [2.75, 3.05) is 19.0 Å². The first-order valence-corrected chi connectivity index (χ1v) is 4.55. The van der Waals surface area contributed by atoms with Gasteiger partial charge in [0.15, 0.2) is 0 Å². The van der Waals surface area contributed by atoms with E-state index in [2.05, 4.69) is 27.0 Å². The molecule has 0 atom stereocenters. The lowest BCUT2D eigenvalue weighted by Crippen LogP contribution is -2.12. The lowest BCUT2D eigenvalue weighted by atomic mass is 10.3. The summed E-state index contributed by atoms with van der Waals surface area (Å²) >= 11 is 3.41. The Kier molecular flexibility index (Phi) is 2.88. The predicted molar refractivity (Wildman–Crippen MR) is 51.2 cm³/mol. The summed E-state index contributed by atoms with van der Waals surface area (Å²) < 4.78 is 0. The molecule has 2 nitrogen and oxygen atoms in total. The summed E-state index contributed by atoms with van der Waals surface area (Å²) in [4.78, 5) is 6.26. The summed E-state index contributed by atoms with van der Waals surface area (Å²) in [6.07, 6.45) is 1.81. The van der Waals surface area contributed by atoms with E-state index in [1.54, 1.807) is 0 Å². The third kappa shape index (κ3) is 1.93. The average Bonchev–Trinajstić information content (AvgIpc) is 2.04. The van der Waals surface area contributed by atoms with Gasteiger partial charge in [0.25, 0.3) is 0 Å². The van der Waals surface area contributed by atoms with Gasteiger partial charge in [-0.15, -0.1) is 0 Å². The second kappa shape index (κ2) is 3.72. The standard InChI is InChI=1S/C8H11BrN2/c1-11(2)8-7(6-9)4-3-5-10-8/h3-5H,6H2,1-2H3. The molecular formula is C8H11BrN2. The Morgan fingerprint density at radius 3 is 2.73 bits per heavy atom. The lowest BCUT2D eigenvalue weighted by molar-refractivity contribution is 1.05. The van der Waals surface area contributed by atoms with Crippen molar-refractivity contribution < 1.29 is 0 Å². The number of aromatic nitrogens is 1. The minimum absolute atomic E-state index is 0.856. The molecule has 11 heavy (non-hydrogen) atoms. The van der Waals surface area contributed by atoms with Crippen LogP contribution in [0.3, 0.4) is 0 Å². The van der Waals surface area contributed by atoms with Gasteiger partial charge in [-0.1, -0.05) is 22.0 Å². The number of hydrogen-bond donors (Lipinski definition) is 0. The molecule has 0 aliphatic heterocycles. The maximum atomic E-state index is 4.24. The summed E-state index contributed by atoms with van der Waals surface area (Å²) in [5.41, 5.74) is 1.22. The zero-order chi connectivity index (χ0) is 8.27. The van der Waals surface area contributed by atoms with Gasteiger partial charge in [-0.05, 0) is 6.07 Å². The molecule has 0 unspecified atom stereocenters. The number of anilines is 1. The van der Waals surface area contributed by atoms with Crippen LogP contribution in [0.5, 0.6) is 0 Å². The zero-order valence-corrected chi connectivity index (χ0v) is 8.30. The van der Waals surface area contributed by atoms with E-state index in [4.69, 9.17) is 0 Å². The minimum atomic E-state index is 0.856. The van der Waals surface area contributed by atoms with Gasteiger partial charge in [-0.25, -0.2) is 4.98 Å². The van der Waals surface area contributed by atoms with E-state index in [0.29, 0.717) is 0 Å². The zero-order valence-electron chi connectivity index (χ0n) is 6.71. The summed E-state index contributed by atoms with van der Waals surface area (Å²) in [5, 5.41) is 0.856. The Labute approximate surface area is 75.4 Å².